The van der Waals surface area contributed by atoms with Gasteiger partial charge in [0, 0.05) is 6.20 Å². The summed E-state index contributed by atoms with van der Waals surface area (Å²) in [4.78, 5) is 14.6. The van der Waals surface area contributed by atoms with Gasteiger partial charge in [0.1, 0.15) is 0 Å². The third kappa shape index (κ3) is 3.03. The first kappa shape index (κ1) is 12.6. The molecule has 0 aliphatic carbocycles. The normalized spacial score (nSPS) is 13.3. The minimum Gasteiger partial charge on any atom is -0.480 e. The summed E-state index contributed by atoms with van der Waals surface area (Å²) >= 11 is 0. The highest BCUT2D eigenvalue weighted by atomic mass is 32.2. The molecule has 6 heteroatoms. The zero-order chi connectivity index (χ0) is 12.2. The maximum atomic E-state index is 11.8. The number of carbonyl (C=O) groups is 1. The number of carboxylic acids is 1. The second-order valence-corrected chi connectivity index (χ2v) is 5.55. The number of pyridine rings is 1. The molecule has 0 fully saturated rings. The maximum Gasteiger partial charge on any atom is 0.321 e. The average molecular weight is 243 g/mol. The third-order valence-electron chi connectivity index (χ3n) is 2.15. The fraction of sp³-hybridized carbons (Fsp3) is 0.400. The van der Waals surface area contributed by atoms with Crippen molar-refractivity contribution in [3.8, 4) is 0 Å². The van der Waals surface area contributed by atoms with Crippen molar-refractivity contribution < 1.29 is 18.3 Å². The van der Waals surface area contributed by atoms with Crippen molar-refractivity contribution in [3.63, 3.8) is 0 Å². The molecule has 88 valence electrons. The first-order valence-electron chi connectivity index (χ1n) is 4.81. The Morgan fingerprint density at radius 1 is 1.50 bits per heavy atom. The lowest BCUT2D eigenvalue weighted by Crippen LogP contribution is -2.30. The number of aromatic nitrogens is 1. The Hall–Kier alpha value is -1.43. The predicted octanol–water partition coefficient (Wildman–Crippen LogP) is 0.860. The van der Waals surface area contributed by atoms with Gasteiger partial charge in [0.05, 0.1) is 11.4 Å². The fourth-order valence-corrected chi connectivity index (χ4v) is 2.97. The summed E-state index contributed by atoms with van der Waals surface area (Å²) in [5.41, 5.74) is 0.363. The summed E-state index contributed by atoms with van der Waals surface area (Å²) in [6, 6.07) is 4.90. The van der Waals surface area contributed by atoms with E-state index < -0.39 is 21.1 Å². The van der Waals surface area contributed by atoms with Gasteiger partial charge in [-0.3, -0.25) is 9.78 Å². The Balaban J connectivity index is 2.91. The van der Waals surface area contributed by atoms with Crippen LogP contribution < -0.4 is 0 Å². The molecule has 0 spiro atoms. The van der Waals surface area contributed by atoms with Crippen LogP contribution in [-0.2, 0) is 20.4 Å². The molecule has 0 bridgehead atoms. The molecule has 5 nitrogen and oxygen atoms in total. The van der Waals surface area contributed by atoms with E-state index in [-0.39, 0.29) is 12.2 Å². The molecule has 0 amide bonds. The van der Waals surface area contributed by atoms with Crippen molar-refractivity contribution in [1.82, 2.24) is 4.98 Å². The molecule has 1 unspecified atom stereocenters. The van der Waals surface area contributed by atoms with Gasteiger partial charge in [-0.15, -0.1) is 0 Å². The van der Waals surface area contributed by atoms with Gasteiger partial charge in [0.25, 0.3) is 0 Å². The van der Waals surface area contributed by atoms with Gasteiger partial charge < -0.3 is 5.11 Å². The van der Waals surface area contributed by atoms with Crippen molar-refractivity contribution in [3.05, 3.63) is 30.1 Å². The summed E-state index contributed by atoms with van der Waals surface area (Å²) in [7, 11) is -3.69. The number of carboxylic acid groups (broad SMARTS) is 1. The lowest BCUT2D eigenvalue weighted by Gasteiger charge is -2.10. The summed E-state index contributed by atoms with van der Waals surface area (Å²) in [5, 5.41) is 7.44. The topological polar surface area (TPSA) is 84.3 Å². The van der Waals surface area contributed by atoms with Gasteiger partial charge >= 0.3 is 5.97 Å². The molecule has 1 heterocycles. The molecule has 1 atom stereocenters. The number of sulfone groups is 1. The van der Waals surface area contributed by atoms with Gasteiger partial charge in [-0.1, -0.05) is 13.0 Å². The zero-order valence-electron chi connectivity index (χ0n) is 8.83. The molecule has 0 radical (unpaired) electrons. The van der Waals surface area contributed by atoms with Crippen LogP contribution in [0, 0.1) is 0 Å². The zero-order valence-corrected chi connectivity index (χ0v) is 9.64. The third-order valence-corrected chi connectivity index (χ3v) is 4.26. The Kier molecular flexibility index (Phi) is 4.00. The van der Waals surface area contributed by atoms with E-state index >= 15 is 0 Å². The number of rotatable bonds is 5. The van der Waals surface area contributed by atoms with Crippen molar-refractivity contribution in [2.24, 2.45) is 0 Å². The number of aliphatic carboxylic acids is 1. The minimum atomic E-state index is -3.69. The van der Waals surface area contributed by atoms with Crippen LogP contribution in [0.4, 0.5) is 0 Å². The van der Waals surface area contributed by atoms with E-state index in [1.807, 2.05) is 0 Å². The molecule has 0 aliphatic rings. The van der Waals surface area contributed by atoms with Crippen LogP contribution in [0.5, 0.6) is 0 Å². The highest BCUT2D eigenvalue weighted by Gasteiger charge is 2.30. The van der Waals surface area contributed by atoms with Crippen molar-refractivity contribution >= 4 is 15.8 Å². The highest BCUT2D eigenvalue weighted by molar-refractivity contribution is 7.92. The van der Waals surface area contributed by atoms with E-state index in [1.165, 1.54) is 13.1 Å². The van der Waals surface area contributed by atoms with E-state index in [9.17, 15) is 13.2 Å². The first-order valence-corrected chi connectivity index (χ1v) is 6.53. The molecule has 0 saturated carbocycles. The van der Waals surface area contributed by atoms with Crippen LogP contribution >= 0.6 is 0 Å². The summed E-state index contributed by atoms with van der Waals surface area (Å²) in [6.07, 6.45) is 1.54. The van der Waals surface area contributed by atoms with Crippen LogP contribution in [0.2, 0.25) is 0 Å². The molecule has 1 rings (SSSR count). The van der Waals surface area contributed by atoms with Gasteiger partial charge in [-0.2, -0.15) is 0 Å². The van der Waals surface area contributed by atoms with Crippen LogP contribution in [0.25, 0.3) is 0 Å². The summed E-state index contributed by atoms with van der Waals surface area (Å²) < 4.78 is 23.5. The second-order valence-electron chi connectivity index (χ2n) is 3.36. The highest BCUT2D eigenvalue weighted by Crippen LogP contribution is 2.12. The van der Waals surface area contributed by atoms with Crippen LogP contribution in [-0.4, -0.2) is 29.7 Å². The van der Waals surface area contributed by atoms with E-state index in [2.05, 4.69) is 4.98 Å². The van der Waals surface area contributed by atoms with Crippen molar-refractivity contribution in [2.45, 2.75) is 24.3 Å². The molecular weight excluding hydrogens is 230 g/mol. The van der Waals surface area contributed by atoms with Crippen LogP contribution in [0.3, 0.4) is 0 Å². The van der Waals surface area contributed by atoms with Crippen LogP contribution in [0.15, 0.2) is 24.4 Å². The van der Waals surface area contributed by atoms with Gasteiger partial charge in [0.15, 0.2) is 15.1 Å². The van der Waals surface area contributed by atoms with E-state index in [1.54, 1.807) is 18.2 Å². The molecule has 0 aromatic carbocycles. The average Bonchev–Trinajstić information content (AvgIpc) is 2.18. The molecule has 1 N–H and O–H groups in total. The summed E-state index contributed by atoms with van der Waals surface area (Å²) in [6.45, 7) is 1.54. The molecular formula is C10H13NO4S. The van der Waals surface area contributed by atoms with Gasteiger partial charge in [-0.05, 0) is 18.6 Å². The molecule has 0 saturated heterocycles. The van der Waals surface area contributed by atoms with E-state index in [4.69, 9.17) is 5.11 Å². The maximum absolute atomic E-state index is 11.8. The molecule has 16 heavy (non-hydrogen) atoms. The number of nitrogens with zero attached hydrogens (tertiary/aromatic N) is 1. The molecule has 1 aromatic heterocycles. The lowest BCUT2D eigenvalue weighted by molar-refractivity contribution is -0.136. The number of hydrogen-bond acceptors (Lipinski definition) is 4. The molecule has 1 aromatic rings. The largest absolute Gasteiger partial charge is 0.480 e. The van der Waals surface area contributed by atoms with Crippen molar-refractivity contribution in [1.29, 1.82) is 0 Å². The van der Waals surface area contributed by atoms with Crippen molar-refractivity contribution in [2.75, 3.05) is 0 Å². The SMILES string of the molecule is CCC(C(=O)O)S(=O)(=O)Cc1ccccn1. The lowest BCUT2D eigenvalue weighted by atomic mass is 10.3. The Labute approximate surface area is 94.1 Å². The summed E-state index contributed by atoms with van der Waals surface area (Å²) in [5.74, 6) is -1.64. The first-order chi connectivity index (χ1) is 7.47. The second kappa shape index (κ2) is 5.07. The predicted molar refractivity (Wildman–Crippen MR) is 58.6 cm³/mol. The Bertz CT molecular complexity index is 455. The van der Waals surface area contributed by atoms with E-state index in [0.717, 1.165) is 0 Å². The van der Waals surface area contributed by atoms with Gasteiger partial charge in [-0.25, -0.2) is 8.42 Å². The number of hydrogen-bond donors (Lipinski definition) is 1. The smallest absolute Gasteiger partial charge is 0.321 e. The fourth-order valence-electron chi connectivity index (χ4n) is 1.37. The van der Waals surface area contributed by atoms with Gasteiger partial charge in [0.2, 0.25) is 0 Å². The monoisotopic (exact) mass is 243 g/mol. The quantitative estimate of drug-likeness (QED) is 0.829. The Morgan fingerprint density at radius 2 is 2.19 bits per heavy atom. The standard InChI is InChI=1S/C10H13NO4S/c1-2-9(10(12)13)16(14,15)7-8-5-3-4-6-11-8/h3-6,9H,2,7H2,1H3,(H,12,13). The molecule has 0 aliphatic heterocycles. The minimum absolute atomic E-state index is 0.0600. The van der Waals surface area contributed by atoms with E-state index in [0.29, 0.717) is 5.69 Å². The Morgan fingerprint density at radius 3 is 2.62 bits per heavy atom. The van der Waals surface area contributed by atoms with Crippen LogP contribution in [0.1, 0.15) is 19.0 Å².